The average Bonchev–Trinajstić information content (AvgIpc) is 2.96. The predicted molar refractivity (Wildman–Crippen MR) is 70.4 cm³/mol. The Bertz CT molecular complexity index is 788. The highest BCUT2D eigenvalue weighted by atomic mass is 35.5. The van der Waals surface area contributed by atoms with Gasteiger partial charge in [-0.25, -0.2) is 4.79 Å². The Labute approximate surface area is 113 Å². The van der Waals surface area contributed by atoms with Crippen LogP contribution in [0.4, 0.5) is 0 Å². The number of hydrogen-bond donors (Lipinski definition) is 1. The maximum atomic E-state index is 10.8. The zero-order valence-corrected chi connectivity index (χ0v) is 10.7. The number of fused-ring (bicyclic) bond motifs is 1. The molecule has 0 aliphatic rings. The van der Waals surface area contributed by atoms with Gasteiger partial charge in [-0.2, -0.15) is 0 Å². The summed E-state index contributed by atoms with van der Waals surface area (Å²) in [4.78, 5) is 10.8. The number of carboxylic acids is 1. The SMILES string of the molecule is Cn1cc(Cl)c2cccc(-c3cc(C(=O)O)on3)c21. The Morgan fingerprint density at radius 2 is 2.26 bits per heavy atom. The second-order valence-electron chi connectivity index (χ2n) is 4.17. The molecule has 2 aromatic heterocycles. The summed E-state index contributed by atoms with van der Waals surface area (Å²) in [5.74, 6) is -1.33. The van der Waals surface area contributed by atoms with Crippen LogP contribution in [0.25, 0.3) is 22.2 Å². The highest BCUT2D eigenvalue weighted by molar-refractivity contribution is 6.36. The standard InChI is InChI=1S/C13H9ClN2O3/c1-16-6-9(14)7-3-2-4-8(12(7)16)10-5-11(13(17)18)19-15-10/h2-6H,1H3,(H,17,18). The molecule has 5 nitrogen and oxygen atoms in total. The molecule has 0 aliphatic heterocycles. The first-order chi connectivity index (χ1) is 9.08. The minimum Gasteiger partial charge on any atom is -0.475 e. The van der Waals surface area contributed by atoms with Gasteiger partial charge in [-0.3, -0.25) is 0 Å². The van der Waals surface area contributed by atoms with E-state index in [-0.39, 0.29) is 5.76 Å². The zero-order chi connectivity index (χ0) is 13.6. The smallest absolute Gasteiger partial charge is 0.374 e. The monoisotopic (exact) mass is 276 g/mol. The molecule has 0 amide bonds. The van der Waals surface area contributed by atoms with Crippen molar-refractivity contribution in [1.29, 1.82) is 0 Å². The number of halogens is 1. The van der Waals surface area contributed by atoms with E-state index in [4.69, 9.17) is 21.2 Å². The average molecular weight is 277 g/mol. The number of nitrogens with zero attached hydrogens (tertiary/aromatic N) is 2. The van der Waals surface area contributed by atoms with Gasteiger partial charge < -0.3 is 14.2 Å². The Morgan fingerprint density at radius 3 is 2.95 bits per heavy atom. The van der Waals surface area contributed by atoms with Crippen molar-refractivity contribution < 1.29 is 14.4 Å². The molecule has 0 spiro atoms. The quantitative estimate of drug-likeness (QED) is 0.780. The Morgan fingerprint density at radius 1 is 1.47 bits per heavy atom. The van der Waals surface area contributed by atoms with Crippen molar-refractivity contribution >= 4 is 28.5 Å². The van der Waals surface area contributed by atoms with E-state index in [1.807, 2.05) is 29.8 Å². The summed E-state index contributed by atoms with van der Waals surface area (Å²) in [6.07, 6.45) is 1.80. The maximum Gasteiger partial charge on any atom is 0.374 e. The number of hydrogen-bond acceptors (Lipinski definition) is 3. The molecule has 1 N–H and O–H groups in total. The Hall–Kier alpha value is -2.27. The first kappa shape index (κ1) is 11.8. The second-order valence-corrected chi connectivity index (χ2v) is 4.58. The first-order valence-electron chi connectivity index (χ1n) is 5.52. The third-order valence-electron chi connectivity index (χ3n) is 2.95. The molecule has 3 rings (SSSR count). The van der Waals surface area contributed by atoms with Crippen molar-refractivity contribution in [1.82, 2.24) is 9.72 Å². The molecule has 0 unspecified atom stereocenters. The number of para-hydroxylation sites is 1. The number of aromatic carboxylic acids is 1. The van der Waals surface area contributed by atoms with Crippen molar-refractivity contribution in [3.05, 3.63) is 41.2 Å². The van der Waals surface area contributed by atoms with Crippen LogP contribution in [0.3, 0.4) is 0 Å². The number of aryl methyl sites for hydroxylation is 1. The van der Waals surface area contributed by atoms with E-state index in [1.54, 1.807) is 6.20 Å². The molecule has 2 heterocycles. The van der Waals surface area contributed by atoms with E-state index in [1.165, 1.54) is 6.07 Å². The fourth-order valence-corrected chi connectivity index (χ4v) is 2.43. The molecule has 0 fully saturated rings. The molecule has 0 aliphatic carbocycles. The van der Waals surface area contributed by atoms with Gasteiger partial charge in [0.25, 0.3) is 0 Å². The predicted octanol–water partition coefficient (Wildman–Crippen LogP) is 3.18. The molecule has 6 heteroatoms. The molecular weight excluding hydrogens is 268 g/mol. The number of rotatable bonds is 2. The summed E-state index contributed by atoms with van der Waals surface area (Å²) in [6.45, 7) is 0. The van der Waals surface area contributed by atoms with Crippen LogP contribution in [0, 0.1) is 0 Å². The van der Waals surface area contributed by atoms with Crippen LogP contribution in [-0.4, -0.2) is 20.8 Å². The van der Waals surface area contributed by atoms with E-state index in [0.717, 1.165) is 16.5 Å². The lowest BCUT2D eigenvalue weighted by molar-refractivity contribution is 0.0652. The van der Waals surface area contributed by atoms with Gasteiger partial charge in [-0.1, -0.05) is 35.0 Å². The number of carbonyl (C=O) groups is 1. The van der Waals surface area contributed by atoms with Crippen molar-refractivity contribution in [2.75, 3.05) is 0 Å². The van der Waals surface area contributed by atoms with E-state index in [9.17, 15) is 4.79 Å². The summed E-state index contributed by atoms with van der Waals surface area (Å²) in [7, 11) is 1.87. The highest BCUT2D eigenvalue weighted by Gasteiger charge is 2.16. The lowest BCUT2D eigenvalue weighted by Gasteiger charge is -2.02. The van der Waals surface area contributed by atoms with Gasteiger partial charge in [0.15, 0.2) is 0 Å². The van der Waals surface area contributed by atoms with Crippen LogP contribution in [-0.2, 0) is 7.05 Å². The van der Waals surface area contributed by atoms with E-state index in [2.05, 4.69) is 5.16 Å². The van der Waals surface area contributed by atoms with Gasteiger partial charge in [-0.05, 0) is 0 Å². The minimum absolute atomic E-state index is 0.188. The Balaban J connectivity index is 2.27. The van der Waals surface area contributed by atoms with Crippen molar-refractivity contribution in [2.45, 2.75) is 0 Å². The molecule has 19 heavy (non-hydrogen) atoms. The summed E-state index contributed by atoms with van der Waals surface area (Å²) in [5, 5.41) is 14.2. The maximum absolute atomic E-state index is 10.8. The topological polar surface area (TPSA) is 68.3 Å². The van der Waals surface area contributed by atoms with Crippen molar-refractivity contribution in [3.63, 3.8) is 0 Å². The van der Waals surface area contributed by atoms with Crippen LogP contribution in [0.5, 0.6) is 0 Å². The van der Waals surface area contributed by atoms with Crippen molar-refractivity contribution in [3.8, 4) is 11.3 Å². The van der Waals surface area contributed by atoms with Crippen LogP contribution in [0.15, 0.2) is 35.0 Å². The first-order valence-corrected chi connectivity index (χ1v) is 5.89. The molecule has 96 valence electrons. The lowest BCUT2D eigenvalue weighted by Crippen LogP contribution is -1.91. The van der Waals surface area contributed by atoms with Gasteiger partial charge in [0, 0.05) is 30.3 Å². The fraction of sp³-hybridized carbons (Fsp3) is 0.0769. The molecule has 0 bridgehead atoms. The van der Waals surface area contributed by atoms with Crippen LogP contribution in [0.1, 0.15) is 10.6 Å². The molecular formula is C13H9ClN2O3. The summed E-state index contributed by atoms with van der Waals surface area (Å²) >= 11 is 6.13. The van der Waals surface area contributed by atoms with E-state index >= 15 is 0 Å². The zero-order valence-electron chi connectivity index (χ0n) is 9.92. The van der Waals surface area contributed by atoms with Gasteiger partial charge in [0.05, 0.1) is 10.5 Å². The largest absolute Gasteiger partial charge is 0.475 e. The third-order valence-corrected chi connectivity index (χ3v) is 3.25. The minimum atomic E-state index is -1.14. The lowest BCUT2D eigenvalue weighted by atomic mass is 10.1. The molecule has 0 atom stereocenters. The summed E-state index contributed by atoms with van der Waals surface area (Å²) < 4.78 is 6.66. The van der Waals surface area contributed by atoms with Gasteiger partial charge in [-0.15, -0.1) is 0 Å². The normalized spacial score (nSPS) is 11.1. The van der Waals surface area contributed by atoms with Crippen LogP contribution >= 0.6 is 11.6 Å². The molecule has 3 aromatic rings. The fourth-order valence-electron chi connectivity index (χ4n) is 2.13. The highest BCUT2D eigenvalue weighted by Crippen LogP contribution is 2.33. The van der Waals surface area contributed by atoms with Gasteiger partial charge in [0.2, 0.25) is 5.76 Å². The molecule has 0 radical (unpaired) electrons. The Kier molecular flexibility index (Phi) is 2.57. The second kappa shape index (κ2) is 4.13. The van der Waals surface area contributed by atoms with Crippen LogP contribution < -0.4 is 0 Å². The van der Waals surface area contributed by atoms with Crippen LogP contribution in [0.2, 0.25) is 5.02 Å². The molecule has 1 aromatic carbocycles. The number of aromatic nitrogens is 2. The van der Waals surface area contributed by atoms with E-state index in [0.29, 0.717) is 10.7 Å². The number of carboxylic acid groups (broad SMARTS) is 1. The molecule has 0 saturated heterocycles. The molecule has 0 saturated carbocycles. The third kappa shape index (κ3) is 1.79. The van der Waals surface area contributed by atoms with Crippen molar-refractivity contribution in [2.24, 2.45) is 7.05 Å². The van der Waals surface area contributed by atoms with Gasteiger partial charge >= 0.3 is 5.97 Å². The summed E-state index contributed by atoms with van der Waals surface area (Å²) in [5.41, 5.74) is 2.14. The van der Waals surface area contributed by atoms with E-state index < -0.39 is 5.97 Å². The van der Waals surface area contributed by atoms with Gasteiger partial charge in [0.1, 0.15) is 5.69 Å². The summed E-state index contributed by atoms with van der Waals surface area (Å²) in [6, 6.07) is 7.00. The number of benzene rings is 1.